The fourth-order valence-electron chi connectivity index (χ4n) is 1.98. The molecule has 1 fully saturated rings. The maximum atomic E-state index is 11.7. The molecule has 1 amide bonds. The molecule has 1 aromatic heterocycles. The minimum Gasteiger partial charge on any atom is -0.357 e. The van der Waals surface area contributed by atoms with Crippen LogP contribution < -0.4 is 10.2 Å². The molecule has 5 nitrogen and oxygen atoms in total. The summed E-state index contributed by atoms with van der Waals surface area (Å²) in [5.74, 6) is 0.925. The maximum absolute atomic E-state index is 11.7. The summed E-state index contributed by atoms with van der Waals surface area (Å²) in [7, 11) is 1.67. The summed E-state index contributed by atoms with van der Waals surface area (Å²) in [6.07, 6.45) is 5.21. The van der Waals surface area contributed by atoms with Gasteiger partial charge in [-0.15, -0.1) is 0 Å². The van der Waals surface area contributed by atoms with E-state index in [1.807, 2.05) is 0 Å². The largest absolute Gasteiger partial charge is 0.357 e. The Bertz CT molecular complexity index is 398. The molecular weight excluding hydrogens is 319 g/mol. The number of nitrogens with zero attached hydrogens (tertiary/aromatic N) is 3. The lowest BCUT2D eigenvalue weighted by molar-refractivity contribution is -0.121. The van der Waals surface area contributed by atoms with E-state index in [1.54, 1.807) is 13.2 Å². The predicted molar refractivity (Wildman–Crippen MR) is 69.2 cm³/mol. The molecule has 0 aliphatic carbocycles. The van der Waals surface area contributed by atoms with Crippen molar-refractivity contribution in [3.05, 3.63) is 16.1 Å². The van der Waals surface area contributed by atoms with Gasteiger partial charge in [0.05, 0.1) is 3.57 Å². The molecule has 1 aliphatic heterocycles. The Balaban J connectivity index is 2.27. The molecule has 1 aromatic rings. The fraction of sp³-hybridized carbons (Fsp3) is 0.500. The molecule has 0 saturated carbocycles. The molecule has 2 heterocycles. The molecule has 0 aromatic carbocycles. The zero-order chi connectivity index (χ0) is 11.5. The molecule has 16 heavy (non-hydrogen) atoms. The van der Waals surface area contributed by atoms with E-state index in [9.17, 15) is 4.79 Å². The smallest absolute Gasteiger partial charge is 0.242 e. The van der Waals surface area contributed by atoms with Gasteiger partial charge in [0.25, 0.3) is 0 Å². The first-order chi connectivity index (χ1) is 7.74. The van der Waals surface area contributed by atoms with Crippen molar-refractivity contribution in [2.24, 2.45) is 0 Å². The SMILES string of the molecule is CNC(=O)C1CCCN1c1ncncc1I. The molecule has 1 aliphatic rings. The second kappa shape index (κ2) is 4.94. The normalized spacial score (nSPS) is 19.9. The molecule has 0 radical (unpaired) electrons. The Hall–Kier alpha value is -0.920. The summed E-state index contributed by atoms with van der Waals surface area (Å²) >= 11 is 2.20. The van der Waals surface area contributed by atoms with Gasteiger partial charge in [-0.05, 0) is 35.4 Å². The molecule has 2 rings (SSSR count). The molecule has 1 atom stereocenters. The maximum Gasteiger partial charge on any atom is 0.242 e. The van der Waals surface area contributed by atoms with Gasteiger partial charge in [0, 0.05) is 19.8 Å². The topological polar surface area (TPSA) is 58.1 Å². The lowest BCUT2D eigenvalue weighted by atomic mass is 10.2. The number of aromatic nitrogens is 2. The third-order valence-electron chi connectivity index (χ3n) is 2.72. The standard InChI is InChI=1S/C10H13IN4O/c1-12-10(16)8-3-2-4-15(8)9-7(11)5-13-6-14-9/h5-6,8H,2-4H2,1H3,(H,12,16). The number of carbonyl (C=O) groups excluding carboxylic acids is 1. The molecule has 86 valence electrons. The summed E-state index contributed by atoms with van der Waals surface area (Å²) in [6, 6.07) is -0.0894. The van der Waals surface area contributed by atoms with Crippen LogP contribution in [0.4, 0.5) is 5.82 Å². The number of halogens is 1. The van der Waals surface area contributed by atoms with Gasteiger partial charge in [0.2, 0.25) is 5.91 Å². The number of carbonyl (C=O) groups is 1. The zero-order valence-electron chi connectivity index (χ0n) is 8.98. The van der Waals surface area contributed by atoms with Crippen LogP contribution in [-0.2, 0) is 4.79 Å². The van der Waals surface area contributed by atoms with Crippen LogP contribution in [-0.4, -0.2) is 35.5 Å². The Morgan fingerprint density at radius 1 is 1.69 bits per heavy atom. The molecular formula is C10H13IN4O. The van der Waals surface area contributed by atoms with Crippen molar-refractivity contribution in [3.63, 3.8) is 0 Å². The number of nitrogens with one attached hydrogen (secondary N) is 1. The van der Waals surface area contributed by atoms with Gasteiger partial charge in [-0.2, -0.15) is 0 Å². The first-order valence-electron chi connectivity index (χ1n) is 5.17. The van der Waals surface area contributed by atoms with Crippen LogP contribution in [0.15, 0.2) is 12.5 Å². The van der Waals surface area contributed by atoms with E-state index >= 15 is 0 Å². The van der Waals surface area contributed by atoms with Gasteiger partial charge in [0.15, 0.2) is 0 Å². The number of anilines is 1. The van der Waals surface area contributed by atoms with Crippen molar-refractivity contribution in [3.8, 4) is 0 Å². The van der Waals surface area contributed by atoms with Crippen LogP contribution in [0.2, 0.25) is 0 Å². The van der Waals surface area contributed by atoms with E-state index in [1.165, 1.54) is 6.33 Å². The van der Waals surface area contributed by atoms with E-state index < -0.39 is 0 Å². The molecule has 0 bridgehead atoms. The van der Waals surface area contributed by atoms with Crippen molar-refractivity contribution >= 4 is 34.3 Å². The lowest BCUT2D eigenvalue weighted by Crippen LogP contribution is -2.42. The molecule has 1 N–H and O–H groups in total. The van der Waals surface area contributed by atoms with Gasteiger partial charge in [0.1, 0.15) is 18.2 Å². The summed E-state index contributed by atoms with van der Waals surface area (Å²) in [5.41, 5.74) is 0. The van der Waals surface area contributed by atoms with Crippen molar-refractivity contribution in [1.29, 1.82) is 0 Å². The van der Waals surface area contributed by atoms with Crippen LogP contribution in [0.1, 0.15) is 12.8 Å². The van der Waals surface area contributed by atoms with E-state index in [0.717, 1.165) is 28.8 Å². The van der Waals surface area contributed by atoms with E-state index in [2.05, 4.69) is 42.8 Å². The van der Waals surface area contributed by atoms with Crippen molar-refractivity contribution in [1.82, 2.24) is 15.3 Å². The Labute approximate surface area is 108 Å². The van der Waals surface area contributed by atoms with E-state index in [-0.39, 0.29) is 11.9 Å². The highest BCUT2D eigenvalue weighted by Crippen LogP contribution is 2.27. The van der Waals surface area contributed by atoms with Crippen LogP contribution in [0.3, 0.4) is 0 Å². The van der Waals surface area contributed by atoms with Gasteiger partial charge < -0.3 is 10.2 Å². The Morgan fingerprint density at radius 2 is 2.50 bits per heavy atom. The number of hydrogen-bond acceptors (Lipinski definition) is 4. The third-order valence-corrected chi connectivity index (χ3v) is 3.48. The monoisotopic (exact) mass is 332 g/mol. The lowest BCUT2D eigenvalue weighted by Gasteiger charge is -2.24. The molecule has 1 saturated heterocycles. The second-order valence-corrected chi connectivity index (χ2v) is 4.82. The zero-order valence-corrected chi connectivity index (χ0v) is 11.1. The molecule has 6 heteroatoms. The summed E-state index contributed by atoms with van der Waals surface area (Å²) < 4.78 is 0.982. The highest BCUT2D eigenvalue weighted by Gasteiger charge is 2.31. The average molecular weight is 332 g/mol. The molecule has 1 unspecified atom stereocenters. The first-order valence-corrected chi connectivity index (χ1v) is 6.25. The van der Waals surface area contributed by atoms with E-state index in [4.69, 9.17) is 0 Å². The quantitative estimate of drug-likeness (QED) is 0.814. The Morgan fingerprint density at radius 3 is 3.19 bits per heavy atom. The highest BCUT2D eigenvalue weighted by atomic mass is 127. The fourth-order valence-corrected chi connectivity index (χ4v) is 2.59. The van der Waals surface area contributed by atoms with Crippen molar-refractivity contribution in [2.45, 2.75) is 18.9 Å². The van der Waals surface area contributed by atoms with Gasteiger partial charge in [-0.1, -0.05) is 0 Å². The van der Waals surface area contributed by atoms with Crippen LogP contribution >= 0.6 is 22.6 Å². The molecule has 0 spiro atoms. The van der Waals surface area contributed by atoms with Gasteiger partial charge in [-0.25, -0.2) is 9.97 Å². The summed E-state index contributed by atoms with van der Waals surface area (Å²) in [5, 5.41) is 2.70. The van der Waals surface area contributed by atoms with Gasteiger partial charge in [-0.3, -0.25) is 4.79 Å². The second-order valence-electron chi connectivity index (χ2n) is 3.66. The number of hydrogen-bond donors (Lipinski definition) is 1. The highest BCUT2D eigenvalue weighted by molar-refractivity contribution is 14.1. The van der Waals surface area contributed by atoms with Gasteiger partial charge >= 0.3 is 0 Å². The van der Waals surface area contributed by atoms with Crippen LogP contribution in [0.25, 0.3) is 0 Å². The van der Waals surface area contributed by atoms with Crippen LogP contribution in [0, 0.1) is 3.57 Å². The van der Waals surface area contributed by atoms with Crippen molar-refractivity contribution in [2.75, 3.05) is 18.5 Å². The number of rotatable bonds is 2. The Kier molecular flexibility index (Phi) is 3.57. The minimum absolute atomic E-state index is 0.0620. The van der Waals surface area contributed by atoms with E-state index in [0.29, 0.717) is 0 Å². The first kappa shape index (κ1) is 11.6. The van der Waals surface area contributed by atoms with Crippen LogP contribution in [0.5, 0.6) is 0 Å². The predicted octanol–water partition coefficient (Wildman–Crippen LogP) is 0.796. The number of amides is 1. The average Bonchev–Trinajstić information content (AvgIpc) is 2.77. The third kappa shape index (κ3) is 2.11. The summed E-state index contributed by atoms with van der Waals surface area (Å²) in [4.78, 5) is 22.0. The summed E-state index contributed by atoms with van der Waals surface area (Å²) in [6.45, 7) is 0.880. The minimum atomic E-state index is -0.0894. The number of likely N-dealkylation sites (N-methyl/N-ethyl adjacent to an activating group) is 1. The van der Waals surface area contributed by atoms with Crippen molar-refractivity contribution < 1.29 is 4.79 Å².